The van der Waals surface area contributed by atoms with E-state index in [4.69, 9.17) is 5.73 Å². The first kappa shape index (κ1) is 12.5. The molecule has 0 amide bonds. The van der Waals surface area contributed by atoms with Crippen LogP contribution in [0, 0.1) is 0 Å². The minimum absolute atomic E-state index is 0.402. The summed E-state index contributed by atoms with van der Waals surface area (Å²) in [6.45, 7) is 2.05. The quantitative estimate of drug-likeness (QED) is 0.753. The average molecular weight is 268 g/mol. The molecule has 4 N–H and O–H groups in total. The number of nitrogens with one attached hydrogen (secondary N) is 1. The van der Waals surface area contributed by atoms with E-state index in [-0.39, 0.29) is 0 Å². The molecule has 3 atom stereocenters. The molecule has 0 radical (unpaired) electrons. The molecule has 1 aromatic rings. The topological polar surface area (TPSA) is 84.1 Å². The minimum atomic E-state index is -0.818. The monoisotopic (exact) mass is 268 g/mol. The molecule has 0 spiro atoms. The summed E-state index contributed by atoms with van der Waals surface area (Å²) < 4.78 is 0. The number of piperidine rings is 1. The van der Waals surface area contributed by atoms with Crippen LogP contribution in [0.25, 0.3) is 0 Å². The van der Waals surface area contributed by atoms with Crippen LogP contribution in [0.15, 0.2) is 0 Å². The molecule has 2 saturated heterocycles. The van der Waals surface area contributed by atoms with Gasteiger partial charge in [0.25, 0.3) is 0 Å². The van der Waals surface area contributed by atoms with Gasteiger partial charge in [0.2, 0.25) is 0 Å². The minimum Gasteiger partial charge on any atom is -0.388 e. The van der Waals surface area contributed by atoms with Gasteiger partial charge in [-0.3, -0.25) is 0 Å². The van der Waals surface area contributed by atoms with E-state index in [0.29, 0.717) is 12.1 Å². The van der Waals surface area contributed by atoms with E-state index >= 15 is 0 Å². The molecule has 1 aromatic heterocycles. The fourth-order valence-corrected chi connectivity index (χ4v) is 4.08. The van der Waals surface area contributed by atoms with E-state index < -0.39 is 11.6 Å². The highest BCUT2D eigenvalue weighted by Crippen LogP contribution is 2.40. The van der Waals surface area contributed by atoms with Crippen molar-refractivity contribution in [2.75, 3.05) is 0 Å². The second-order valence-corrected chi connectivity index (χ2v) is 6.61. The molecule has 100 valence electrons. The summed E-state index contributed by atoms with van der Waals surface area (Å²) in [7, 11) is 0. The first-order chi connectivity index (χ1) is 8.60. The molecule has 0 saturated carbocycles. The van der Waals surface area contributed by atoms with E-state index in [2.05, 4.69) is 22.4 Å². The maximum atomic E-state index is 10.8. The van der Waals surface area contributed by atoms with Gasteiger partial charge in [0, 0.05) is 12.1 Å². The van der Waals surface area contributed by atoms with E-state index in [0.717, 1.165) is 42.1 Å². The molecule has 6 heteroatoms. The van der Waals surface area contributed by atoms with Gasteiger partial charge in [-0.25, -0.2) is 0 Å². The summed E-state index contributed by atoms with van der Waals surface area (Å²) in [5.41, 5.74) is 5.44. The summed E-state index contributed by atoms with van der Waals surface area (Å²) in [6.07, 6.45) is 4.62. The van der Waals surface area contributed by atoms with Gasteiger partial charge < -0.3 is 16.2 Å². The van der Waals surface area contributed by atoms with Crippen molar-refractivity contribution >= 4 is 11.3 Å². The molecule has 0 aromatic carbocycles. The van der Waals surface area contributed by atoms with Crippen LogP contribution in [0.4, 0.5) is 0 Å². The molecule has 3 unspecified atom stereocenters. The fourth-order valence-electron chi connectivity index (χ4n) is 3.18. The van der Waals surface area contributed by atoms with Crippen molar-refractivity contribution in [2.45, 2.75) is 62.8 Å². The summed E-state index contributed by atoms with van der Waals surface area (Å²) in [5, 5.41) is 24.3. The Bertz CT molecular complexity index is 423. The molecule has 5 nitrogen and oxygen atoms in total. The van der Waals surface area contributed by atoms with Crippen molar-refractivity contribution in [2.24, 2.45) is 5.73 Å². The maximum Gasteiger partial charge on any atom is 0.137 e. The molecule has 3 rings (SSSR count). The molecule has 2 fully saturated rings. The van der Waals surface area contributed by atoms with Gasteiger partial charge in [0.15, 0.2) is 0 Å². The Labute approximate surface area is 111 Å². The maximum absolute atomic E-state index is 10.8. The lowest BCUT2D eigenvalue weighted by atomic mass is 9.82. The molecular weight excluding hydrogens is 248 g/mol. The van der Waals surface area contributed by atoms with Crippen LogP contribution in [0.1, 0.15) is 48.7 Å². The van der Waals surface area contributed by atoms with Crippen LogP contribution < -0.4 is 11.1 Å². The third-order valence-electron chi connectivity index (χ3n) is 4.16. The SMILES string of the molecule is CCc1nnc(C(N)C2(O)CC3CCC(C2)N3)s1. The van der Waals surface area contributed by atoms with E-state index in [1.165, 1.54) is 11.3 Å². The molecule has 2 bridgehead atoms. The predicted octanol–water partition coefficient (Wildman–Crippen LogP) is 0.746. The Hall–Kier alpha value is -0.560. The molecule has 3 heterocycles. The zero-order valence-electron chi connectivity index (χ0n) is 10.6. The van der Waals surface area contributed by atoms with E-state index in [1.807, 2.05) is 0 Å². The van der Waals surface area contributed by atoms with Crippen molar-refractivity contribution in [1.82, 2.24) is 15.5 Å². The third-order valence-corrected chi connectivity index (χ3v) is 5.32. The number of aryl methyl sites for hydroxylation is 1. The van der Waals surface area contributed by atoms with Crippen LogP contribution >= 0.6 is 11.3 Å². The smallest absolute Gasteiger partial charge is 0.137 e. The van der Waals surface area contributed by atoms with Crippen LogP contribution in [0.3, 0.4) is 0 Å². The Kier molecular flexibility index (Phi) is 3.13. The highest BCUT2D eigenvalue weighted by atomic mass is 32.1. The number of hydrogen-bond acceptors (Lipinski definition) is 6. The zero-order valence-corrected chi connectivity index (χ0v) is 11.4. The molecular formula is C12H20N4OS. The first-order valence-corrected chi connectivity index (χ1v) is 7.48. The van der Waals surface area contributed by atoms with Crippen molar-refractivity contribution < 1.29 is 5.11 Å². The van der Waals surface area contributed by atoms with Crippen molar-refractivity contribution in [3.63, 3.8) is 0 Å². The van der Waals surface area contributed by atoms with Gasteiger partial charge in [0.1, 0.15) is 10.0 Å². The van der Waals surface area contributed by atoms with E-state index in [1.54, 1.807) is 0 Å². The van der Waals surface area contributed by atoms with Crippen LogP contribution in [-0.4, -0.2) is 33.0 Å². The second kappa shape index (κ2) is 4.52. The summed E-state index contributed by atoms with van der Waals surface area (Å²) in [5.74, 6) is 0. The fraction of sp³-hybridized carbons (Fsp3) is 0.833. The van der Waals surface area contributed by atoms with Crippen molar-refractivity contribution in [3.05, 3.63) is 10.0 Å². The van der Waals surface area contributed by atoms with Crippen LogP contribution in [0.5, 0.6) is 0 Å². The van der Waals surface area contributed by atoms with Gasteiger partial charge in [-0.05, 0) is 32.1 Å². The Morgan fingerprint density at radius 2 is 2.11 bits per heavy atom. The highest BCUT2D eigenvalue weighted by Gasteiger charge is 2.47. The lowest BCUT2D eigenvalue weighted by molar-refractivity contribution is -0.0299. The second-order valence-electron chi connectivity index (χ2n) is 5.51. The number of aromatic nitrogens is 2. The van der Waals surface area contributed by atoms with E-state index in [9.17, 15) is 5.11 Å². The zero-order chi connectivity index (χ0) is 12.8. The number of rotatable bonds is 3. The number of nitrogens with zero attached hydrogens (tertiary/aromatic N) is 2. The molecule has 2 aliphatic heterocycles. The van der Waals surface area contributed by atoms with Gasteiger partial charge in [-0.15, -0.1) is 10.2 Å². The molecule has 0 aliphatic carbocycles. The van der Waals surface area contributed by atoms with Crippen molar-refractivity contribution in [1.29, 1.82) is 0 Å². The Morgan fingerprint density at radius 1 is 1.44 bits per heavy atom. The summed E-state index contributed by atoms with van der Waals surface area (Å²) in [6, 6.07) is 0.428. The predicted molar refractivity (Wildman–Crippen MR) is 70.3 cm³/mol. The summed E-state index contributed by atoms with van der Waals surface area (Å²) in [4.78, 5) is 0. The molecule has 2 aliphatic rings. The van der Waals surface area contributed by atoms with Crippen LogP contribution in [-0.2, 0) is 6.42 Å². The normalized spacial score (nSPS) is 36.8. The third kappa shape index (κ3) is 2.07. The standard InChI is InChI=1S/C12H20N4OS/c1-2-9-15-16-11(18-9)10(13)12(17)5-7-3-4-8(6-12)14-7/h7-8,10,14,17H,2-6,13H2,1H3. The van der Waals surface area contributed by atoms with Gasteiger partial charge in [-0.1, -0.05) is 18.3 Å². The summed E-state index contributed by atoms with van der Waals surface area (Å²) >= 11 is 1.53. The van der Waals surface area contributed by atoms with Crippen LogP contribution in [0.2, 0.25) is 0 Å². The lowest BCUT2D eigenvalue weighted by Crippen LogP contribution is -2.53. The lowest BCUT2D eigenvalue weighted by Gasteiger charge is -2.40. The highest BCUT2D eigenvalue weighted by molar-refractivity contribution is 7.11. The number of aliphatic hydroxyl groups is 1. The van der Waals surface area contributed by atoms with Crippen molar-refractivity contribution in [3.8, 4) is 0 Å². The van der Waals surface area contributed by atoms with Gasteiger partial charge >= 0.3 is 0 Å². The van der Waals surface area contributed by atoms with Gasteiger partial charge in [-0.2, -0.15) is 0 Å². The number of nitrogens with two attached hydrogens (primary N) is 1. The largest absolute Gasteiger partial charge is 0.388 e. The Morgan fingerprint density at radius 3 is 2.67 bits per heavy atom. The average Bonchev–Trinajstić information content (AvgIpc) is 2.95. The molecule has 18 heavy (non-hydrogen) atoms. The number of fused-ring (bicyclic) bond motifs is 2. The van der Waals surface area contributed by atoms with Gasteiger partial charge in [0.05, 0.1) is 11.6 Å². The Balaban J connectivity index is 1.80. The first-order valence-electron chi connectivity index (χ1n) is 6.67. The number of hydrogen-bond donors (Lipinski definition) is 3.